The maximum absolute atomic E-state index is 13.9. The van der Waals surface area contributed by atoms with Crippen molar-refractivity contribution in [2.45, 2.75) is 58.8 Å². The molecule has 28 heavy (non-hydrogen) atoms. The Morgan fingerprint density at radius 2 is 1.93 bits per heavy atom. The molecule has 0 amide bonds. The quantitative estimate of drug-likeness (QED) is 0.486. The first kappa shape index (κ1) is 19.8. The molecular formula is C22H30O6. The summed E-state index contributed by atoms with van der Waals surface area (Å²) in [6.07, 6.45) is 1.27. The number of rotatable bonds is 2. The number of fused-ring (bicyclic) bond motifs is 3. The van der Waals surface area contributed by atoms with Crippen molar-refractivity contribution in [3.8, 4) is 0 Å². The summed E-state index contributed by atoms with van der Waals surface area (Å²) in [5.74, 6) is -0.956. The minimum Gasteiger partial charge on any atom is -0.461 e. The van der Waals surface area contributed by atoms with Crippen LogP contribution in [-0.2, 0) is 14.3 Å². The third-order valence-electron chi connectivity index (χ3n) is 8.19. The molecule has 8 atom stereocenters. The van der Waals surface area contributed by atoms with E-state index in [4.69, 9.17) is 4.74 Å². The van der Waals surface area contributed by atoms with Gasteiger partial charge in [-0.15, -0.1) is 0 Å². The second-order valence-electron chi connectivity index (χ2n) is 9.89. The third kappa shape index (κ3) is 2.14. The van der Waals surface area contributed by atoms with E-state index in [0.717, 1.165) is 6.42 Å². The Kier molecular flexibility index (Phi) is 4.08. The van der Waals surface area contributed by atoms with Crippen LogP contribution in [-0.4, -0.2) is 51.5 Å². The molecule has 1 spiro atoms. The monoisotopic (exact) mass is 390 g/mol. The SMILES string of the molecule is CC(=O)OCC1=CC2C(=O)C3(C=C(C)C(O)C3(O)C1O)C(C)CC1C2C1(C)C. The van der Waals surface area contributed by atoms with Crippen LogP contribution < -0.4 is 0 Å². The number of hydrogen-bond acceptors (Lipinski definition) is 6. The molecule has 2 saturated carbocycles. The second-order valence-corrected chi connectivity index (χ2v) is 9.89. The van der Waals surface area contributed by atoms with Crippen molar-refractivity contribution in [3.05, 3.63) is 23.3 Å². The normalized spacial score (nSPS) is 48.5. The highest BCUT2D eigenvalue weighted by Gasteiger charge is 2.75. The zero-order valence-electron chi connectivity index (χ0n) is 17.1. The van der Waals surface area contributed by atoms with Gasteiger partial charge in [-0.25, -0.2) is 0 Å². The molecule has 4 aliphatic rings. The summed E-state index contributed by atoms with van der Waals surface area (Å²) in [5, 5.41) is 33.9. The molecule has 6 nitrogen and oxygen atoms in total. The molecule has 0 saturated heterocycles. The molecule has 2 bridgehead atoms. The average molecular weight is 390 g/mol. The molecular weight excluding hydrogens is 360 g/mol. The highest BCUT2D eigenvalue weighted by atomic mass is 16.5. The van der Waals surface area contributed by atoms with Crippen LogP contribution in [0.5, 0.6) is 0 Å². The lowest BCUT2D eigenvalue weighted by molar-refractivity contribution is -0.190. The number of carbonyl (C=O) groups is 2. The minimum absolute atomic E-state index is 0.0113. The van der Waals surface area contributed by atoms with Crippen LogP contribution in [0.4, 0.5) is 0 Å². The lowest BCUT2D eigenvalue weighted by atomic mass is 9.59. The molecule has 3 N–H and O–H groups in total. The Hall–Kier alpha value is -1.50. The molecule has 4 aliphatic carbocycles. The van der Waals surface area contributed by atoms with Crippen molar-refractivity contribution in [1.82, 2.24) is 0 Å². The fourth-order valence-electron chi connectivity index (χ4n) is 6.60. The molecule has 0 aromatic rings. The number of allylic oxidation sites excluding steroid dienone is 1. The molecule has 6 heteroatoms. The summed E-state index contributed by atoms with van der Waals surface area (Å²) in [4.78, 5) is 25.3. The van der Waals surface area contributed by atoms with Crippen LogP contribution in [0.2, 0.25) is 0 Å². The Morgan fingerprint density at radius 3 is 2.54 bits per heavy atom. The van der Waals surface area contributed by atoms with Gasteiger partial charge in [-0.1, -0.05) is 32.9 Å². The number of aliphatic hydroxyl groups excluding tert-OH is 2. The zero-order valence-corrected chi connectivity index (χ0v) is 17.1. The van der Waals surface area contributed by atoms with E-state index in [1.165, 1.54) is 6.92 Å². The standard InChI is InChI=1S/C22H30O6/c1-10-8-21-11(2)6-15-16(20(15,4)5)14(19(21)26)7-13(9-28-12(3)23)18(25)22(21,27)17(10)24/h7-8,11,14-18,24-25,27H,6,9H2,1-5H3. The van der Waals surface area contributed by atoms with Gasteiger partial charge in [0.25, 0.3) is 0 Å². The van der Waals surface area contributed by atoms with E-state index in [0.29, 0.717) is 11.5 Å². The van der Waals surface area contributed by atoms with Crippen LogP contribution in [0.15, 0.2) is 23.3 Å². The molecule has 0 aromatic carbocycles. The number of ketones is 1. The smallest absolute Gasteiger partial charge is 0.302 e. The van der Waals surface area contributed by atoms with Crippen molar-refractivity contribution in [2.24, 2.45) is 34.5 Å². The number of carbonyl (C=O) groups excluding carboxylic acids is 2. The van der Waals surface area contributed by atoms with Gasteiger partial charge < -0.3 is 20.1 Å². The largest absolute Gasteiger partial charge is 0.461 e. The number of aliphatic hydroxyl groups is 3. The molecule has 4 rings (SSSR count). The van der Waals surface area contributed by atoms with E-state index >= 15 is 0 Å². The summed E-state index contributed by atoms with van der Waals surface area (Å²) >= 11 is 0. The van der Waals surface area contributed by atoms with Gasteiger partial charge in [0.2, 0.25) is 0 Å². The molecule has 0 aliphatic heterocycles. The Balaban J connectivity index is 1.92. The molecule has 2 fully saturated rings. The van der Waals surface area contributed by atoms with Gasteiger partial charge in [0.15, 0.2) is 5.78 Å². The van der Waals surface area contributed by atoms with Crippen molar-refractivity contribution < 1.29 is 29.6 Å². The van der Waals surface area contributed by atoms with E-state index in [2.05, 4.69) is 13.8 Å². The van der Waals surface area contributed by atoms with Crippen LogP contribution in [0.3, 0.4) is 0 Å². The number of ether oxygens (including phenoxy) is 1. The van der Waals surface area contributed by atoms with E-state index < -0.39 is 35.1 Å². The van der Waals surface area contributed by atoms with Gasteiger partial charge in [-0.05, 0) is 47.7 Å². The summed E-state index contributed by atoms with van der Waals surface area (Å²) in [7, 11) is 0. The van der Waals surface area contributed by atoms with Crippen LogP contribution >= 0.6 is 0 Å². The summed E-state index contributed by atoms with van der Waals surface area (Å²) in [5.41, 5.74) is -2.67. The van der Waals surface area contributed by atoms with Crippen LogP contribution in [0.25, 0.3) is 0 Å². The van der Waals surface area contributed by atoms with Crippen molar-refractivity contribution in [3.63, 3.8) is 0 Å². The molecule has 8 unspecified atom stereocenters. The van der Waals surface area contributed by atoms with Gasteiger partial charge in [0.05, 0.1) is 5.41 Å². The van der Waals surface area contributed by atoms with Gasteiger partial charge in [0, 0.05) is 12.8 Å². The number of Topliss-reactive ketones (excluding diaryl/α,β-unsaturated/α-hetero) is 1. The highest BCUT2D eigenvalue weighted by Crippen LogP contribution is 2.71. The summed E-state index contributed by atoms with van der Waals surface area (Å²) in [6, 6.07) is 0. The Bertz CT molecular complexity index is 810. The topological polar surface area (TPSA) is 104 Å². The Morgan fingerprint density at radius 1 is 1.29 bits per heavy atom. The van der Waals surface area contributed by atoms with E-state index in [1.54, 1.807) is 19.1 Å². The summed E-state index contributed by atoms with van der Waals surface area (Å²) < 4.78 is 5.11. The average Bonchev–Trinajstić information content (AvgIpc) is 3.11. The number of esters is 1. The van der Waals surface area contributed by atoms with Gasteiger partial charge in [-0.2, -0.15) is 0 Å². The van der Waals surface area contributed by atoms with Crippen LogP contribution in [0.1, 0.15) is 41.0 Å². The van der Waals surface area contributed by atoms with Crippen molar-refractivity contribution >= 4 is 11.8 Å². The maximum atomic E-state index is 13.9. The molecule has 154 valence electrons. The minimum atomic E-state index is -2.07. The van der Waals surface area contributed by atoms with Gasteiger partial charge >= 0.3 is 5.97 Å². The van der Waals surface area contributed by atoms with Gasteiger partial charge in [-0.3, -0.25) is 9.59 Å². The number of hydrogen-bond donors (Lipinski definition) is 3. The van der Waals surface area contributed by atoms with Crippen molar-refractivity contribution in [1.29, 1.82) is 0 Å². The first-order chi connectivity index (χ1) is 12.9. The lowest BCUT2D eigenvalue weighted by Crippen LogP contribution is -2.65. The molecule has 0 aromatic heterocycles. The molecule has 0 radical (unpaired) electrons. The second kappa shape index (κ2) is 5.77. The third-order valence-corrected chi connectivity index (χ3v) is 8.19. The first-order valence-corrected chi connectivity index (χ1v) is 10.1. The van der Waals surface area contributed by atoms with E-state index in [-0.39, 0.29) is 35.2 Å². The fourth-order valence-corrected chi connectivity index (χ4v) is 6.60. The predicted molar refractivity (Wildman–Crippen MR) is 101 cm³/mol. The summed E-state index contributed by atoms with van der Waals surface area (Å²) in [6.45, 7) is 8.97. The Labute approximate surface area is 165 Å². The molecule has 0 heterocycles. The fraction of sp³-hybridized carbons (Fsp3) is 0.727. The highest BCUT2D eigenvalue weighted by molar-refractivity contribution is 5.95. The van der Waals surface area contributed by atoms with Crippen molar-refractivity contribution in [2.75, 3.05) is 6.61 Å². The van der Waals surface area contributed by atoms with E-state index in [1.807, 2.05) is 6.92 Å². The first-order valence-electron chi connectivity index (χ1n) is 10.1. The van der Waals surface area contributed by atoms with Crippen LogP contribution in [0, 0.1) is 34.5 Å². The zero-order chi connectivity index (χ0) is 20.8. The maximum Gasteiger partial charge on any atom is 0.302 e. The predicted octanol–water partition coefficient (Wildman–Crippen LogP) is 1.39. The van der Waals surface area contributed by atoms with Gasteiger partial charge in [0.1, 0.15) is 24.4 Å². The van der Waals surface area contributed by atoms with E-state index in [9.17, 15) is 24.9 Å². The lowest BCUT2D eigenvalue weighted by Gasteiger charge is -2.48.